The average Bonchev–Trinajstić information content (AvgIpc) is 3.28. The molecule has 2 aliphatic carbocycles. The maximum absolute atomic E-state index is 13.0. The predicted molar refractivity (Wildman–Crippen MR) is 116 cm³/mol. The molecule has 158 valence electrons. The molecule has 2 aromatic carbocycles. The molecule has 3 aliphatic rings. The fourth-order valence-corrected chi connectivity index (χ4v) is 5.93. The Hall–Kier alpha value is -3.21. The molecule has 1 saturated carbocycles. The molecule has 1 aliphatic heterocycles. The van der Waals surface area contributed by atoms with Gasteiger partial charge in [-0.05, 0) is 48.1 Å². The van der Waals surface area contributed by atoms with E-state index >= 15 is 0 Å². The van der Waals surface area contributed by atoms with Crippen LogP contribution in [0.4, 0.5) is 0 Å². The van der Waals surface area contributed by atoms with E-state index in [-0.39, 0.29) is 18.3 Å². The number of fused-ring (bicyclic) bond motifs is 4. The van der Waals surface area contributed by atoms with E-state index in [0.29, 0.717) is 19.3 Å². The molecule has 0 spiro atoms. The third-order valence-corrected chi connectivity index (χ3v) is 7.47. The molecule has 2 amide bonds. The highest BCUT2D eigenvalue weighted by Gasteiger charge is 2.69. The molecule has 5 rings (SSSR count). The first-order valence-electron chi connectivity index (χ1n) is 10.9. The van der Waals surface area contributed by atoms with Crippen molar-refractivity contribution in [2.24, 2.45) is 10.8 Å². The summed E-state index contributed by atoms with van der Waals surface area (Å²) in [5.41, 5.74) is 2.41. The summed E-state index contributed by atoms with van der Waals surface area (Å²) in [7, 11) is 0. The van der Waals surface area contributed by atoms with Crippen LogP contribution in [-0.4, -0.2) is 24.2 Å². The number of nitrogens with one attached hydrogen (secondary N) is 1. The van der Waals surface area contributed by atoms with Crippen LogP contribution in [0.15, 0.2) is 55.1 Å². The van der Waals surface area contributed by atoms with E-state index in [1.807, 2.05) is 24.3 Å². The second-order valence-corrected chi connectivity index (χ2v) is 8.76. The van der Waals surface area contributed by atoms with Crippen LogP contribution in [0.3, 0.4) is 0 Å². The average molecular weight is 415 g/mol. The molecule has 5 heteroatoms. The number of hydrogen-bond acceptors (Lipinski definition) is 4. The highest BCUT2D eigenvalue weighted by Crippen LogP contribution is 2.57. The van der Waals surface area contributed by atoms with E-state index in [1.54, 1.807) is 0 Å². The van der Waals surface area contributed by atoms with Crippen LogP contribution in [0.5, 0.6) is 5.75 Å². The molecule has 1 heterocycles. The fourth-order valence-electron chi connectivity index (χ4n) is 5.93. The number of amides is 2. The Bertz CT molecular complexity index is 1120. The zero-order chi connectivity index (χ0) is 21.6. The number of carbonyl (C=O) groups excluding carboxylic acids is 3. The number of ether oxygens (including phenoxy) is 1. The Morgan fingerprint density at radius 1 is 1.03 bits per heavy atom. The largest absolute Gasteiger partial charge is 0.493 e. The van der Waals surface area contributed by atoms with E-state index in [1.165, 1.54) is 22.8 Å². The number of imide groups is 1. The third-order valence-electron chi connectivity index (χ3n) is 7.47. The van der Waals surface area contributed by atoms with Crippen molar-refractivity contribution in [1.29, 1.82) is 0 Å². The normalized spacial score (nSPS) is 25.9. The molecule has 2 aromatic rings. The monoisotopic (exact) mass is 415 g/mol. The molecule has 2 atom stereocenters. The first-order chi connectivity index (χ1) is 15.0. The van der Waals surface area contributed by atoms with Gasteiger partial charge in [0.05, 0.1) is 12.0 Å². The minimum atomic E-state index is -1.34. The molecule has 5 nitrogen and oxygen atoms in total. The van der Waals surface area contributed by atoms with Gasteiger partial charge in [0.25, 0.3) is 0 Å². The fraction of sp³-hybridized carbons (Fsp3) is 0.346. The second-order valence-electron chi connectivity index (χ2n) is 8.76. The maximum atomic E-state index is 13.0. The Balaban J connectivity index is 1.41. The van der Waals surface area contributed by atoms with Gasteiger partial charge in [0.1, 0.15) is 11.2 Å². The smallest absolute Gasteiger partial charge is 0.241 e. The van der Waals surface area contributed by atoms with Crippen LogP contribution in [0.1, 0.15) is 43.2 Å². The molecule has 0 aromatic heterocycles. The van der Waals surface area contributed by atoms with E-state index < -0.39 is 16.7 Å². The molecule has 0 bridgehead atoms. The number of ketones is 1. The number of carbonyl (C=O) groups is 3. The van der Waals surface area contributed by atoms with Crippen LogP contribution in [0, 0.1) is 10.8 Å². The van der Waals surface area contributed by atoms with Gasteiger partial charge in [0.2, 0.25) is 11.8 Å². The van der Waals surface area contributed by atoms with Gasteiger partial charge in [-0.25, -0.2) is 0 Å². The minimum absolute atomic E-state index is 0.264. The summed E-state index contributed by atoms with van der Waals surface area (Å²) < 4.78 is 6.20. The number of rotatable bonds is 6. The molecule has 1 N–H and O–H groups in total. The second kappa shape index (κ2) is 7.19. The molecule has 2 fully saturated rings. The summed E-state index contributed by atoms with van der Waals surface area (Å²) in [4.78, 5) is 38.7. The highest BCUT2D eigenvalue weighted by atomic mass is 16.5. The minimum Gasteiger partial charge on any atom is -0.493 e. The standard InChI is InChI=1S/C26H25NO4/c1-2-22(28)26-13-6-5-12-25(26,23(29)27-24(26)30)14-15-31-21-11-7-10-19-18-9-4-3-8-17(18)16-20(19)21/h2-4,7-11H,1,5-6,12-16H2,(H,27,29,30). The van der Waals surface area contributed by atoms with Gasteiger partial charge in [0, 0.05) is 12.0 Å². The lowest BCUT2D eigenvalue weighted by atomic mass is 9.54. The van der Waals surface area contributed by atoms with Crippen molar-refractivity contribution in [2.45, 2.75) is 38.5 Å². The topological polar surface area (TPSA) is 72.5 Å². The first-order valence-corrected chi connectivity index (χ1v) is 10.9. The van der Waals surface area contributed by atoms with Crippen LogP contribution in [0.25, 0.3) is 11.1 Å². The van der Waals surface area contributed by atoms with Crippen molar-refractivity contribution in [3.05, 3.63) is 66.2 Å². The SMILES string of the molecule is C=CC(=O)C12CCCCC1(CCOc1cccc3c1Cc1ccccc1-3)C(=O)NC2=O. The van der Waals surface area contributed by atoms with Crippen molar-refractivity contribution < 1.29 is 19.1 Å². The predicted octanol–water partition coefficient (Wildman–Crippen LogP) is 3.99. The Morgan fingerprint density at radius 3 is 2.65 bits per heavy atom. The zero-order valence-electron chi connectivity index (χ0n) is 17.4. The van der Waals surface area contributed by atoms with Gasteiger partial charge >= 0.3 is 0 Å². The molecular formula is C26H25NO4. The Morgan fingerprint density at radius 2 is 1.81 bits per heavy atom. The molecule has 1 saturated heterocycles. The lowest BCUT2D eigenvalue weighted by molar-refractivity contribution is -0.151. The van der Waals surface area contributed by atoms with E-state index in [2.05, 4.69) is 30.1 Å². The first kappa shape index (κ1) is 19.7. The molecule has 2 unspecified atom stereocenters. The van der Waals surface area contributed by atoms with Crippen LogP contribution in [0.2, 0.25) is 0 Å². The van der Waals surface area contributed by atoms with Gasteiger partial charge in [0.15, 0.2) is 5.78 Å². The Labute approximate surface area is 181 Å². The summed E-state index contributed by atoms with van der Waals surface area (Å²) >= 11 is 0. The lowest BCUT2D eigenvalue weighted by Crippen LogP contribution is -2.52. The summed E-state index contributed by atoms with van der Waals surface area (Å²) in [5.74, 6) is -0.377. The van der Waals surface area contributed by atoms with Crippen molar-refractivity contribution in [3.63, 3.8) is 0 Å². The molecular weight excluding hydrogens is 390 g/mol. The molecule has 31 heavy (non-hydrogen) atoms. The van der Waals surface area contributed by atoms with Crippen LogP contribution in [-0.2, 0) is 20.8 Å². The number of benzene rings is 2. The van der Waals surface area contributed by atoms with Gasteiger partial charge in [-0.2, -0.15) is 0 Å². The van der Waals surface area contributed by atoms with Crippen molar-refractivity contribution in [2.75, 3.05) is 6.61 Å². The van der Waals surface area contributed by atoms with Crippen LogP contribution >= 0.6 is 0 Å². The third kappa shape index (κ3) is 2.65. The van der Waals surface area contributed by atoms with E-state index in [0.717, 1.165) is 30.6 Å². The van der Waals surface area contributed by atoms with Gasteiger partial charge in [-0.1, -0.05) is 55.8 Å². The highest BCUT2D eigenvalue weighted by molar-refractivity contribution is 6.23. The summed E-state index contributed by atoms with van der Waals surface area (Å²) in [6, 6.07) is 14.4. The maximum Gasteiger partial charge on any atom is 0.241 e. The van der Waals surface area contributed by atoms with Gasteiger partial charge in [-0.15, -0.1) is 0 Å². The Kier molecular flexibility index (Phi) is 4.58. The summed E-state index contributed by atoms with van der Waals surface area (Å²) in [6.07, 6.45) is 4.76. The number of allylic oxidation sites excluding steroid dienone is 1. The van der Waals surface area contributed by atoms with Crippen LogP contribution < -0.4 is 10.1 Å². The number of hydrogen-bond donors (Lipinski definition) is 1. The van der Waals surface area contributed by atoms with Crippen molar-refractivity contribution in [3.8, 4) is 16.9 Å². The van der Waals surface area contributed by atoms with E-state index in [4.69, 9.17) is 4.74 Å². The lowest BCUT2D eigenvalue weighted by Gasteiger charge is -2.43. The quantitative estimate of drug-likeness (QED) is 0.375. The van der Waals surface area contributed by atoms with E-state index in [9.17, 15) is 14.4 Å². The van der Waals surface area contributed by atoms with Gasteiger partial charge in [-0.3, -0.25) is 19.7 Å². The molecule has 0 radical (unpaired) electrons. The van der Waals surface area contributed by atoms with Gasteiger partial charge < -0.3 is 4.74 Å². The van der Waals surface area contributed by atoms with Crippen molar-refractivity contribution in [1.82, 2.24) is 5.32 Å². The van der Waals surface area contributed by atoms with Crippen molar-refractivity contribution >= 4 is 17.6 Å². The zero-order valence-corrected chi connectivity index (χ0v) is 17.4. The summed E-state index contributed by atoms with van der Waals surface area (Å²) in [6.45, 7) is 3.86. The summed E-state index contributed by atoms with van der Waals surface area (Å²) in [5, 5.41) is 2.46.